The van der Waals surface area contributed by atoms with E-state index in [0.717, 1.165) is 5.69 Å². The van der Waals surface area contributed by atoms with E-state index >= 15 is 0 Å². The number of fused-ring (bicyclic) bond motifs is 1. The summed E-state index contributed by atoms with van der Waals surface area (Å²) in [7, 11) is -0.509. The van der Waals surface area contributed by atoms with Crippen LogP contribution in [0.5, 0.6) is 0 Å². The van der Waals surface area contributed by atoms with E-state index in [4.69, 9.17) is 5.73 Å². The average molecular weight is 766 g/mol. The van der Waals surface area contributed by atoms with Crippen molar-refractivity contribution in [2.45, 2.75) is 82.4 Å². The van der Waals surface area contributed by atoms with Crippen molar-refractivity contribution in [2.24, 2.45) is 17.6 Å². The van der Waals surface area contributed by atoms with Crippen LogP contribution in [0.4, 0.5) is 5.69 Å². The fourth-order valence-corrected chi connectivity index (χ4v) is 6.79. The molecule has 2 rings (SSSR count). The van der Waals surface area contributed by atoms with Crippen LogP contribution < -0.4 is 36.6 Å². The average Bonchev–Trinajstić information content (AvgIpc) is 3.05. The smallest absolute Gasteiger partial charge is 0.326 e. The van der Waals surface area contributed by atoms with Gasteiger partial charge in [-0.1, -0.05) is 52.0 Å². The van der Waals surface area contributed by atoms with Crippen LogP contribution in [0.1, 0.15) is 53.4 Å². The minimum Gasteiger partial charge on any atom is -0.480 e. The molecule has 4 atom stereocenters. The SMILES string of the molecule is CC(C)C[C@H](NC(=O)[C@H](CCC(N)=O)NC(=O)[C@H](CC(C)C)NC(=O)[C@H](CS)NC(=O)CNS(=O)(=O)c1cccc2c(N(C)C)cccc12)C(=O)O. The van der Waals surface area contributed by atoms with Crippen LogP contribution in [0.2, 0.25) is 0 Å². The van der Waals surface area contributed by atoms with E-state index in [1.165, 1.54) is 6.07 Å². The second-order valence-corrected chi connectivity index (χ2v) is 15.5. The van der Waals surface area contributed by atoms with Gasteiger partial charge in [0.2, 0.25) is 39.6 Å². The van der Waals surface area contributed by atoms with Crippen molar-refractivity contribution < 1.29 is 42.3 Å². The van der Waals surface area contributed by atoms with E-state index < -0.39 is 76.2 Å². The Balaban J connectivity index is 2.17. The lowest BCUT2D eigenvalue weighted by atomic mass is 10.0. The number of anilines is 1. The molecule has 5 amide bonds. The standard InChI is InChI=1S/C34H51N7O9S2/c1-19(2)15-24(32(45)38-23(13-14-29(35)42)31(44)40-25(34(47)48)16-20(3)4)39-33(46)26(18-51)37-30(43)17-36-52(49,50)28-12-8-9-21-22(28)10-7-11-27(21)41(5)6/h7-12,19-20,23-26,36,51H,13-18H2,1-6H3,(H2,35,42)(H,37,43)(H,38,45)(H,39,46)(H,40,44)(H,47,48)/t23-,24-,25-,26-/m0/s1. The first kappa shape index (κ1) is 43.7. The zero-order valence-corrected chi connectivity index (χ0v) is 32.0. The molecule has 52 heavy (non-hydrogen) atoms. The number of amides is 5. The number of thiol groups is 1. The number of hydrogen-bond donors (Lipinski definition) is 8. The topological polar surface area (TPSA) is 246 Å². The minimum atomic E-state index is -4.17. The Kier molecular flexibility index (Phi) is 16.8. The Bertz CT molecular complexity index is 1720. The van der Waals surface area contributed by atoms with E-state index in [-0.39, 0.29) is 48.2 Å². The number of aliphatic carboxylic acids is 1. The summed E-state index contributed by atoms with van der Waals surface area (Å²) in [5, 5.41) is 20.6. The summed E-state index contributed by atoms with van der Waals surface area (Å²) in [6, 6.07) is 4.93. The molecule has 18 heteroatoms. The van der Waals surface area contributed by atoms with Gasteiger partial charge >= 0.3 is 5.97 Å². The van der Waals surface area contributed by atoms with Crippen LogP contribution >= 0.6 is 12.6 Å². The third kappa shape index (κ3) is 13.3. The maximum Gasteiger partial charge on any atom is 0.326 e. The molecule has 0 aliphatic heterocycles. The van der Waals surface area contributed by atoms with Gasteiger partial charge < -0.3 is 37.0 Å². The molecule has 8 N–H and O–H groups in total. The zero-order chi connectivity index (χ0) is 39.3. The predicted molar refractivity (Wildman–Crippen MR) is 200 cm³/mol. The predicted octanol–water partition coefficient (Wildman–Crippen LogP) is 0.495. The monoisotopic (exact) mass is 765 g/mol. The van der Waals surface area contributed by atoms with Crippen molar-refractivity contribution in [1.82, 2.24) is 26.0 Å². The van der Waals surface area contributed by atoms with Gasteiger partial charge in [0.1, 0.15) is 24.2 Å². The molecule has 0 saturated carbocycles. The van der Waals surface area contributed by atoms with Gasteiger partial charge in [-0.25, -0.2) is 17.9 Å². The van der Waals surface area contributed by atoms with Gasteiger partial charge in [0.25, 0.3) is 0 Å². The Morgan fingerprint density at radius 3 is 1.85 bits per heavy atom. The first-order valence-corrected chi connectivity index (χ1v) is 18.9. The maximum atomic E-state index is 13.5. The highest BCUT2D eigenvalue weighted by Crippen LogP contribution is 2.30. The normalized spacial score (nSPS) is 13.9. The van der Waals surface area contributed by atoms with Gasteiger partial charge in [-0.15, -0.1) is 0 Å². The van der Waals surface area contributed by atoms with Crippen molar-refractivity contribution in [3.05, 3.63) is 36.4 Å². The third-order valence-electron chi connectivity index (χ3n) is 7.86. The van der Waals surface area contributed by atoms with E-state index in [9.17, 15) is 42.3 Å². The van der Waals surface area contributed by atoms with Crippen molar-refractivity contribution in [3.63, 3.8) is 0 Å². The highest BCUT2D eigenvalue weighted by Gasteiger charge is 2.32. The molecule has 0 aromatic heterocycles. The second kappa shape index (κ2) is 20.0. The van der Waals surface area contributed by atoms with E-state index in [2.05, 4.69) is 38.6 Å². The molecule has 0 fully saturated rings. The van der Waals surface area contributed by atoms with E-state index in [0.29, 0.717) is 10.8 Å². The summed E-state index contributed by atoms with van der Waals surface area (Å²) in [5.41, 5.74) is 6.07. The number of nitrogens with one attached hydrogen (secondary N) is 5. The molecular formula is C34H51N7O9S2. The number of primary amides is 1. The summed E-state index contributed by atoms with van der Waals surface area (Å²) in [6.07, 6.45) is -0.316. The molecule has 0 saturated heterocycles. The summed E-state index contributed by atoms with van der Waals surface area (Å²) in [6.45, 7) is 6.42. The zero-order valence-electron chi connectivity index (χ0n) is 30.3. The molecule has 0 radical (unpaired) electrons. The molecule has 16 nitrogen and oxygen atoms in total. The van der Waals surface area contributed by atoms with Gasteiger partial charge in [0.15, 0.2) is 0 Å². The Hall–Kier alpha value is -4.42. The summed E-state index contributed by atoms with van der Waals surface area (Å²) < 4.78 is 28.8. The van der Waals surface area contributed by atoms with Gasteiger partial charge in [-0.3, -0.25) is 24.0 Å². The van der Waals surface area contributed by atoms with Crippen LogP contribution in [-0.4, -0.2) is 99.6 Å². The number of sulfonamides is 1. The molecule has 2 aromatic rings. The lowest BCUT2D eigenvalue weighted by Gasteiger charge is -2.26. The van der Waals surface area contributed by atoms with Crippen LogP contribution in [0, 0.1) is 11.8 Å². The highest BCUT2D eigenvalue weighted by molar-refractivity contribution is 7.89. The lowest BCUT2D eigenvalue weighted by Crippen LogP contribution is -2.58. The number of nitrogens with two attached hydrogens (primary N) is 1. The first-order valence-electron chi connectivity index (χ1n) is 16.8. The largest absolute Gasteiger partial charge is 0.480 e. The quantitative estimate of drug-likeness (QED) is 0.0818. The highest BCUT2D eigenvalue weighted by atomic mass is 32.2. The second-order valence-electron chi connectivity index (χ2n) is 13.4. The minimum absolute atomic E-state index is 0.0336. The summed E-state index contributed by atoms with van der Waals surface area (Å²) >= 11 is 4.16. The molecule has 0 aliphatic rings. The fourth-order valence-electron chi connectivity index (χ4n) is 5.33. The van der Waals surface area contributed by atoms with Gasteiger partial charge in [-0.05, 0) is 43.2 Å². The Labute approximate surface area is 309 Å². The number of hydrogen-bond acceptors (Lipinski definition) is 10. The number of carboxylic acids is 1. The van der Waals surface area contributed by atoms with Crippen molar-refractivity contribution >= 4 is 74.6 Å². The number of rotatable bonds is 21. The fraction of sp³-hybridized carbons (Fsp3) is 0.529. The maximum absolute atomic E-state index is 13.5. The molecule has 0 spiro atoms. The molecule has 0 bridgehead atoms. The Morgan fingerprint density at radius 1 is 0.769 bits per heavy atom. The van der Waals surface area contributed by atoms with E-state index in [1.807, 2.05) is 25.1 Å². The Morgan fingerprint density at radius 2 is 1.29 bits per heavy atom. The molecule has 0 heterocycles. The number of nitrogens with zero attached hydrogens (tertiary/aromatic N) is 1. The lowest BCUT2D eigenvalue weighted by molar-refractivity contribution is -0.143. The van der Waals surface area contributed by atoms with Crippen LogP contribution in [-0.2, 0) is 38.8 Å². The van der Waals surface area contributed by atoms with Crippen molar-refractivity contribution in [2.75, 3.05) is 31.3 Å². The van der Waals surface area contributed by atoms with Gasteiger partial charge in [0.05, 0.1) is 11.4 Å². The van der Waals surface area contributed by atoms with Gasteiger partial charge in [-0.2, -0.15) is 12.6 Å². The van der Waals surface area contributed by atoms with Crippen LogP contribution in [0.3, 0.4) is 0 Å². The van der Waals surface area contributed by atoms with Crippen molar-refractivity contribution in [1.29, 1.82) is 0 Å². The number of carboxylic acid groups (broad SMARTS) is 1. The first-order chi connectivity index (χ1) is 24.3. The molecule has 0 aliphatic carbocycles. The van der Waals surface area contributed by atoms with Gasteiger partial charge in [0, 0.05) is 42.7 Å². The number of carbonyl (C=O) groups is 6. The molecule has 288 valence electrons. The number of benzene rings is 2. The van der Waals surface area contributed by atoms with Crippen LogP contribution in [0.25, 0.3) is 10.8 Å². The van der Waals surface area contributed by atoms with E-state index in [1.54, 1.807) is 52.0 Å². The summed E-state index contributed by atoms with van der Waals surface area (Å²) in [5.74, 6) is -5.74. The molecule has 0 unspecified atom stereocenters. The summed E-state index contributed by atoms with van der Waals surface area (Å²) in [4.78, 5) is 77.9. The number of carbonyl (C=O) groups excluding carboxylic acids is 5. The van der Waals surface area contributed by atoms with Crippen LogP contribution in [0.15, 0.2) is 41.3 Å². The van der Waals surface area contributed by atoms with Crippen molar-refractivity contribution in [3.8, 4) is 0 Å². The third-order valence-corrected chi connectivity index (χ3v) is 9.69. The molecule has 2 aromatic carbocycles. The molecular weight excluding hydrogens is 715 g/mol.